The van der Waals surface area contributed by atoms with Crippen LogP contribution in [0.1, 0.15) is 63.5 Å². The van der Waals surface area contributed by atoms with Gasteiger partial charge in [0.15, 0.2) is 6.23 Å². The minimum Gasteiger partial charge on any atom is -0.371 e. The predicted molar refractivity (Wildman–Crippen MR) is 116 cm³/mol. The normalized spacial score (nSPS) is 31.1. The highest BCUT2D eigenvalue weighted by Crippen LogP contribution is 2.59. The van der Waals surface area contributed by atoms with E-state index < -0.39 is 46.9 Å². The Morgan fingerprint density at radius 2 is 1.94 bits per heavy atom. The summed E-state index contributed by atoms with van der Waals surface area (Å²) in [5.41, 5.74) is 4.23. The molecule has 1 aromatic carbocycles. The summed E-state index contributed by atoms with van der Waals surface area (Å²) < 4.78 is 15.3. The lowest BCUT2D eigenvalue weighted by molar-refractivity contribution is -0.122. The number of amides is 3. The van der Waals surface area contributed by atoms with Gasteiger partial charge in [0.1, 0.15) is 5.82 Å². The summed E-state index contributed by atoms with van der Waals surface area (Å²) in [6.07, 6.45) is 3.39. The molecule has 2 aliphatic carbocycles. The van der Waals surface area contributed by atoms with Crippen LogP contribution in [-0.4, -0.2) is 45.7 Å². The van der Waals surface area contributed by atoms with Gasteiger partial charge in [-0.1, -0.05) is 43.0 Å². The maximum absolute atomic E-state index is 15.3. The molecule has 3 aliphatic rings. The smallest absolute Gasteiger partial charge is 0.323 e. The lowest BCUT2D eigenvalue weighted by Crippen LogP contribution is -2.54. The molecule has 0 aromatic heterocycles. The first-order valence-electron chi connectivity index (χ1n) is 10.7. The summed E-state index contributed by atoms with van der Waals surface area (Å²) in [4.78, 5) is 28.4. The molecule has 6 nitrogen and oxygen atoms in total. The number of likely N-dealkylation sites (N-methyl/N-ethyl adjacent to an activating group) is 1. The zero-order valence-electron chi connectivity index (χ0n) is 17.7. The molecule has 1 saturated heterocycles. The second kappa shape index (κ2) is 7.78. The fourth-order valence-electron chi connectivity index (χ4n) is 6.11. The van der Waals surface area contributed by atoms with Gasteiger partial charge in [-0.3, -0.25) is 9.69 Å². The number of rotatable bonds is 4. The van der Waals surface area contributed by atoms with Crippen molar-refractivity contribution in [3.8, 4) is 0 Å². The Balaban J connectivity index is 1.93. The van der Waals surface area contributed by atoms with Crippen molar-refractivity contribution in [3.05, 3.63) is 33.6 Å². The second-order valence-electron chi connectivity index (χ2n) is 9.60. The lowest BCUT2D eigenvalue weighted by atomic mass is 9.74. The van der Waals surface area contributed by atoms with E-state index in [1.165, 1.54) is 24.1 Å². The van der Waals surface area contributed by atoms with E-state index in [4.69, 9.17) is 28.9 Å². The van der Waals surface area contributed by atoms with E-state index in [-0.39, 0.29) is 22.0 Å². The van der Waals surface area contributed by atoms with Crippen molar-refractivity contribution >= 4 is 35.1 Å². The van der Waals surface area contributed by atoms with Crippen LogP contribution in [0.15, 0.2) is 12.1 Å². The Morgan fingerprint density at radius 1 is 1.29 bits per heavy atom. The van der Waals surface area contributed by atoms with Gasteiger partial charge in [-0.2, -0.15) is 0 Å². The Labute approximate surface area is 191 Å². The van der Waals surface area contributed by atoms with E-state index in [2.05, 4.69) is 0 Å². The number of aliphatic hydroxyl groups excluding tert-OH is 1. The van der Waals surface area contributed by atoms with Gasteiger partial charge in [-0.05, 0) is 49.7 Å². The number of urea groups is 1. The van der Waals surface area contributed by atoms with E-state index in [1.807, 2.05) is 6.92 Å². The number of nitrogens with zero attached hydrogens (tertiary/aromatic N) is 2. The number of hydrogen-bond donors (Lipinski definition) is 2. The molecule has 2 saturated carbocycles. The third-order valence-corrected chi connectivity index (χ3v) is 8.60. The van der Waals surface area contributed by atoms with Crippen LogP contribution in [0.3, 0.4) is 0 Å². The predicted octanol–water partition coefficient (Wildman–Crippen LogP) is 4.46. The van der Waals surface area contributed by atoms with Gasteiger partial charge in [-0.15, -0.1) is 0 Å². The lowest BCUT2D eigenvalue weighted by Gasteiger charge is -2.47. The van der Waals surface area contributed by atoms with Crippen LogP contribution in [-0.2, 0) is 4.79 Å². The monoisotopic (exact) mass is 471 g/mol. The molecule has 3 fully saturated rings. The molecule has 3 N–H and O–H groups in total. The molecule has 4 rings (SSSR count). The molecule has 1 heterocycles. The first-order chi connectivity index (χ1) is 14.5. The highest BCUT2D eigenvalue weighted by molar-refractivity contribution is 6.42. The number of nitrogens with two attached hydrogens (primary N) is 1. The van der Waals surface area contributed by atoms with E-state index in [1.54, 1.807) is 4.90 Å². The summed E-state index contributed by atoms with van der Waals surface area (Å²) in [5.74, 6) is -1.46. The molecule has 1 spiro atoms. The molecule has 0 radical (unpaired) electrons. The van der Waals surface area contributed by atoms with Gasteiger partial charge in [0, 0.05) is 18.5 Å². The van der Waals surface area contributed by atoms with Crippen molar-refractivity contribution in [2.45, 2.75) is 69.7 Å². The largest absolute Gasteiger partial charge is 0.371 e. The van der Waals surface area contributed by atoms with Gasteiger partial charge in [0.25, 0.3) is 0 Å². The number of hydrogen-bond acceptors (Lipinski definition) is 3. The molecule has 4 atom stereocenters. The Hall–Kier alpha value is -1.57. The van der Waals surface area contributed by atoms with Crippen LogP contribution in [0.4, 0.5) is 9.18 Å². The highest BCUT2D eigenvalue weighted by atomic mass is 35.5. The van der Waals surface area contributed by atoms with Crippen molar-refractivity contribution in [2.24, 2.45) is 17.1 Å². The molecule has 0 bridgehead atoms. The van der Waals surface area contributed by atoms with Gasteiger partial charge in [0.05, 0.1) is 21.6 Å². The van der Waals surface area contributed by atoms with Crippen LogP contribution in [0.5, 0.6) is 0 Å². The SMILES string of the molecule is CN1C(=O)N([C@H](c2c(F)ccc(Cl)c2Cl)C2(C)CCCC2)C2(CCC(C(N)=O)C2)C1O. The summed E-state index contributed by atoms with van der Waals surface area (Å²) in [7, 11) is 1.52. The zero-order chi connectivity index (χ0) is 22.7. The Morgan fingerprint density at radius 3 is 2.52 bits per heavy atom. The van der Waals surface area contributed by atoms with Crippen molar-refractivity contribution < 1.29 is 19.1 Å². The molecule has 1 aliphatic heterocycles. The summed E-state index contributed by atoms with van der Waals surface area (Å²) >= 11 is 12.8. The maximum atomic E-state index is 15.3. The second-order valence-corrected chi connectivity index (χ2v) is 10.4. The minimum atomic E-state index is -1.14. The maximum Gasteiger partial charge on any atom is 0.323 e. The van der Waals surface area contributed by atoms with Gasteiger partial charge in [0.2, 0.25) is 5.91 Å². The Bertz CT molecular complexity index is 924. The molecule has 1 aromatic rings. The number of halogens is 3. The molecule has 31 heavy (non-hydrogen) atoms. The summed E-state index contributed by atoms with van der Waals surface area (Å²) in [6, 6.07) is 1.52. The molecular formula is C22H28Cl2FN3O3. The minimum absolute atomic E-state index is 0.0798. The van der Waals surface area contributed by atoms with E-state index in [0.717, 1.165) is 25.7 Å². The zero-order valence-corrected chi connectivity index (χ0v) is 19.2. The first kappa shape index (κ1) is 22.6. The average molecular weight is 472 g/mol. The topological polar surface area (TPSA) is 86.9 Å². The number of aliphatic hydroxyl groups is 1. The summed E-state index contributed by atoms with van der Waals surface area (Å²) in [6.45, 7) is 2.04. The van der Waals surface area contributed by atoms with E-state index in [0.29, 0.717) is 12.8 Å². The number of carbonyl (C=O) groups excluding carboxylic acids is 2. The number of carbonyl (C=O) groups is 2. The van der Waals surface area contributed by atoms with Crippen molar-refractivity contribution in [3.63, 3.8) is 0 Å². The summed E-state index contributed by atoms with van der Waals surface area (Å²) in [5, 5.41) is 11.5. The van der Waals surface area contributed by atoms with E-state index >= 15 is 4.39 Å². The highest BCUT2D eigenvalue weighted by Gasteiger charge is 2.64. The molecule has 3 amide bonds. The Kier molecular flexibility index (Phi) is 5.68. The van der Waals surface area contributed by atoms with Crippen LogP contribution >= 0.6 is 23.2 Å². The van der Waals surface area contributed by atoms with Crippen LogP contribution < -0.4 is 5.73 Å². The molecule has 170 valence electrons. The fraction of sp³-hybridized carbons (Fsp3) is 0.636. The van der Waals surface area contributed by atoms with Crippen LogP contribution in [0, 0.1) is 17.2 Å². The standard InChI is InChI=1S/C22H28Cl2FN3O3/c1-21(8-3-4-9-21)17(15-14(25)6-5-13(23)16(15)24)28-20(31)27(2)19(30)22(28)10-7-12(11-22)18(26)29/h5-6,12,17,19,30H,3-4,7-11H2,1-2H3,(H2,26,29)/t12?,17-,19?,22?/m1/s1. The number of benzene rings is 1. The van der Waals surface area contributed by atoms with Crippen LogP contribution in [0.2, 0.25) is 10.0 Å². The fourth-order valence-corrected chi connectivity index (χ4v) is 6.53. The van der Waals surface area contributed by atoms with Crippen LogP contribution in [0.25, 0.3) is 0 Å². The molecular weight excluding hydrogens is 444 g/mol. The molecule has 9 heteroatoms. The van der Waals surface area contributed by atoms with Crippen molar-refractivity contribution in [2.75, 3.05) is 7.05 Å². The van der Waals surface area contributed by atoms with Gasteiger partial charge < -0.3 is 15.7 Å². The average Bonchev–Trinajstić information content (AvgIpc) is 3.40. The quantitative estimate of drug-likeness (QED) is 0.635. The third-order valence-electron chi connectivity index (χ3n) is 7.78. The first-order valence-corrected chi connectivity index (χ1v) is 11.5. The third kappa shape index (κ3) is 3.31. The van der Waals surface area contributed by atoms with Crippen molar-refractivity contribution in [1.29, 1.82) is 0 Å². The van der Waals surface area contributed by atoms with Crippen molar-refractivity contribution in [1.82, 2.24) is 9.80 Å². The van der Waals surface area contributed by atoms with E-state index in [9.17, 15) is 14.7 Å². The van der Waals surface area contributed by atoms with Gasteiger partial charge >= 0.3 is 6.03 Å². The van der Waals surface area contributed by atoms with Gasteiger partial charge in [-0.25, -0.2) is 9.18 Å². The number of primary amides is 1. The molecule has 3 unspecified atom stereocenters.